The lowest BCUT2D eigenvalue weighted by atomic mass is 10.1. The maximum atomic E-state index is 12.7. The molecule has 9 heteroatoms. The van der Waals surface area contributed by atoms with E-state index in [9.17, 15) is 23.3 Å². The Labute approximate surface area is 143 Å². The Kier molecular flexibility index (Phi) is 3.40. The lowest BCUT2D eigenvalue weighted by Gasteiger charge is -2.19. The van der Waals surface area contributed by atoms with Crippen molar-refractivity contribution in [2.24, 2.45) is 13.0 Å². The molecule has 1 N–H and O–H groups in total. The van der Waals surface area contributed by atoms with E-state index in [1.165, 1.54) is 29.8 Å². The van der Waals surface area contributed by atoms with Gasteiger partial charge in [-0.2, -0.15) is 0 Å². The van der Waals surface area contributed by atoms with E-state index in [2.05, 4.69) is 5.32 Å². The Morgan fingerprint density at radius 1 is 1.28 bits per heavy atom. The normalized spacial score (nSPS) is 22.0. The zero-order valence-electron chi connectivity index (χ0n) is 13.6. The van der Waals surface area contributed by atoms with Crippen LogP contribution in [0.5, 0.6) is 0 Å². The molecule has 1 aliphatic heterocycles. The number of nitro benzene ring substituents is 1. The van der Waals surface area contributed by atoms with E-state index in [-0.39, 0.29) is 28.1 Å². The molecule has 0 bridgehead atoms. The second-order valence-electron chi connectivity index (χ2n) is 6.72. The summed E-state index contributed by atoms with van der Waals surface area (Å²) in [5, 5.41) is 14.8. The summed E-state index contributed by atoms with van der Waals surface area (Å²) in [4.78, 5) is 23.1. The van der Waals surface area contributed by atoms with Gasteiger partial charge in [-0.1, -0.05) is 0 Å². The number of nitro groups is 1. The van der Waals surface area contributed by atoms with Gasteiger partial charge in [0.1, 0.15) is 0 Å². The molecule has 4 rings (SSSR count). The van der Waals surface area contributed by atoms with E-state index in [1.54, 1.807) is 0 Å². The highest BCUT2D eigenvalue weighted by atomic mass is 32.2. The van der Waals surface area contributed by atoms with Crippen LogP contribution in [0.3, 0.4) is 0 Å². The van der Waals surface area contributed by atoms with Crippen molar-refractivity contribution in [3.05, 3.63) is 38.7 Å². The molecular weight excluding hydrogens is 346 g/mol. The molecule has 2 heterocycles. The summed E-state index contributed by atoms with van der Waals surface area (Å²) in [5.74, 6) is 0.295. The lowest BCUT2D eigenvalue weighted by molar-refractivity contribution is -0.384. The van der Waals surface area contributed by atoms with E-state index in [0.29, 0.717) is 23.2 Å². The van der Waals surface area contributed by atoms with Crippen LogP contribution >= 0.6 is 0 Å². The maximum Gasteiger partial charge on any atom is 0.271 e. The molecule has 0 radical (unpaired) electrons. The van der Waals surface area contributed by atoms with E-state index in [1.807, 2.05) is 0 Å². The Bertz CT molecular complexity index is 1070. The van der Waals surface area contributed by atoms with Crippen LogP contribution in [0, 0.1) is 16.0 Å². The molecule has 1 aromatic heterocycles. The number of aromatic nitrogens is 1. The Hall–Kier alpha value is -2.42. The first-order chi connectivity index (χ1) is 11.8. The summed E-state index contributed by atoms with van der Waals surface area (Å²) < 4.78 is 26.7. The number of anilines is 1. The monoisotopic (exact) mass is 363 g/mol. The van der Waals surface area contributed by atoms with Gasteiger partial charge in [0.15, 0.2) is 14.7 Å². The van der Waals surface area contributed by atoms with Gasteiger partial charge in [-0.3, -0.25) is 14.9 Å². The van der Waals surface area contributed by atoms with Gasteiger partial charge in [0.25, 0.3) is 11.2 Å². The standard InChI is InChI=1S/C16H17N3O5S/c1-18-13-5-4-10(19(21)22)8-11(13)14-15(16(18)20)25(23,24)7-6-12(17-14)9-2-3-9/h4-5,8-9,12,17H,2-3,6-7H2,1H3. The van der Waals surface area contributed by atoms with Crippen LogP contribution in [0.4, 0.5) is 11.4 Å². The first kappa shape index (κ1) is 16.1. The number of fused-ring (bicyclic) bond motifs is 3. The number of hydrogen-bond acceptors (Lipinski definition) is 6. The summed E-state index contributed by atoms with van der Waals surface area (Å²) in [6, 6.07) is 4.11. The second-order valence-corrected chi connectivity index (χ2v) is 8.77. The van der Waals surface area contributed by atoms with Crippen LogP contribution in [0.1, 0.15) is 19.3 Å². The highest BCUT2D eigenvalue weighted by Gasteiger charge is 2.38. The third kappa shape index (κ3) is 2.50. The first-order valence-corrected chi connectivity index (χ1v) is 9.75. The zero-order chi connectivity index (χ0) is 17.9. The van der Waals surface area contributed by atoms with Crippen molar-refractivity contribution < 1.29 is 13.3 Å². The molecule has 8 nitrogen and oxygen atoms in total. The minimum absolute atomic E-state index is 0.0365. The lowest BCUT2D eigenvalue weighted by Crippen LogP contribution is -2.26. The van der Waals surface area contributed by atoms with Crippen LogP contribution in [0.25, 0.3) is 10.9 Å². The average Bonchev–Trinajstić information content (AvgIpc) is 3.39. The number of benzene rings is 1. The highest BCUT2D eigenvalue weighted by molar-refractivity contribution is 7.91. The third-order valence-electron chi connectivity index (χ3n) is 5.08. The predicted octanol–water partition coefficient (Wildman–Crippen LogP) is 1.81. The number of sulfone groups is 1. The van der Waals surface area contributed by atoms with Gasteiger partial charge in [0.05, 0.1) is 21.9 Å². The third-order valence-corrected chi connectivity index (χ3v) is 6.85. The van der Waals surface area contributed by atoms with Crippen molar-refractivity contribution in [3.63, 3.8) is 0 Å². The van der Waals surface area contributed by atoms with Crippen LogP contribution < -0.4 is 10.9 Å². The van der Waals surface area contributed by atoms with Crippen molar-refractivity contribution in [3.8, 4) is 0 Å². The summed E-state index contributed by atoms with van der Waals surface area (Å²) in [7, 11) is -2.28. The number of hydrogen-bond donors (Lipinski definition) is 1. The molecule has 1 atom stereocenters. The fourth-order valence-electron chi connectivity index (χ4n) is 3.55. The van der Waals surface area contributed by atoms with Gasteiger partial charge < -0.3 is 9.88 Å². The quantitative estimate of drug-likeness (QED) is 0.643. The van der Waals surface area contributed by atoms with Crippen LogP contribution in [-0.4, -0.2) is 29.7 Å². The molecule has 0 amide bonds. The minimum Gasteiger partial charge on any atom is -0.380 e. The summed E-state index contributed by atoms with van der Waals surface area (Å²) in [6.07, 6.45) is 2.48. The topological polar surface area (TPSA) is 111 Å². The molecule has 1 fully saturated rings. The number of nitrogens with zero attached hydrogens (tertiary/aromatic N) is 2. The molecular formula is C16H17N3O5S. The minimum atomic E-state index is -3.76. The zero-order valence-corrected chi connectivity index (χ0v) is 14.4. The van der Waals surface area contributed by atoms with E-state index < -0.39 is 20.3 Å². The number of non-ortho nitro benzene ring substituents is 1. The van der Waals surface area contributed by atoms with Crippen LogP contribution in [0.15, 0.2) is 27.9 Å². The van der Waals surface area contributed by atoms with E-state index in [4.69, 9.17) is 0 Å². The van der Waals surface area contributed by atoms with E-state index in [0.717, 1.165) is 12.8 Å². The Balaban J connectivity index is 2.09. The fraction of sp³-hybridized carbons (Fsp3) is 0.438. The average molecular weight is 363 g/mol. The molecule has 1 unspecified atom stereocenters. The highest BCUT2D eigenvalue weighted by Crippen LogP contribution is 2.40. The molecule has 1 aliphatic carbocycles. The number of aryl methyl sites for hydroxylation is 1. The summed E-state index contributed by atoms with van der Waals surface area (Å²) >= 11 is 0. The van der Waals surface area contributed by atoms with Crippen LogP contribution in [-0.2, 0) is 16.9 Å². The van der Waals surface area contributed by atoms with Crippen molar-refractivity contribution in [2.45, 2.75) is 30.2 Å². The summed E-state index contributed by atoms with van der Waals surface area (Å²) in [6.45, 7) is 0. The largest absolute Gasteiger partial charge is 0.380 e. The second kappa shape index (κ2) is 5.29. The van der Waals surface area contributed by atoms with Gasteiger partial charge in [-0.05, 0) is 31.2 Å². The predicted molar refractivity (Wildman–Crippen MR) is 92.6 cm³/mol. The van der Waals surface area contributed by atoms with Crippen molar-refractivity contribution in [1.29, 1.82) is 0 Å². The summed E-state index contributed by atoms with van der Waals surface area (Å²) in [5.41, 5.74) is -0.0511. The fourth-order valence-corrected chi connectivity index (χ4v) is 5.20. The molecule has 1 saturated carbocycles. The maximum absolute atomic E-state index is 12.7. The molecule has 132 valence electrons. The Morgan fingerprint density at radius 3 is 2.64 bits per heavy atom. The SMILES string of the molecule is Cn1c(=O)c2c(c3cc([N+](=O)[O-])ccc31)NC(C1CC1)CCS2(=O)=O. The molecule has 25 heavy (non-hydrogen) atoms. The van der Waals surface area contributed by atoms with Gasteiger partial charge >= 0.3 is 0 Å². The smallest absolute Gasteiger partial charge is 0.271 e. The number of rotatable bonds is 2. The molecule has 0 spiro atoms. The van der Waals surface area contributed by atoms with E-state index >= 15 is 0 Å². The van der Waals surface area contributed by atoms with Gasteiger partial charge in [-0.25, -0.2) is 8.42 Å². The van der Waals surface area contributed by atoms with Crippen molar-refractivity contribution in [1.82, 2.24) is 4.57 Å². The van der Waals surface area contributed by atoms with Gasteiger partial charge in [-0.15, -0.1) is 0 Å². The van der Waals surface area contributed by atoms with Crippen molar-refractivity contribution in [2.75, 3.05) is 11.1 Å². The van der Waals surface area contributed by atoms with Crippen molar-refractivity contribution >= 4 is 32.1 Å². The molecule has 1 aromatic carbocycles. The van der Waals surface area contributed by atoms with Gasteiger partial charge in [0, 0.05) is 30.6 Å². The first-order valence-electron chi connectivity index (χ1n) is 8.10. The Morgan fingerprint density at radius 2 is 2.00 bits per heavy atom. The molecule has 2 aliphatic rings. The molecule has 2 aromatic rings. The van der Waals surface area contributed by atoms with Crippen LogP contribution in [0.2, 0.25) is 0 Å². The molecule has 0 saturated heterocycles. The number of pyridine rings is 1. The number of nitrogens with one attached hydrogen (secondary N) is 1. The van der Waals surface area contributed by atoms with Gasteiger partial charge in [0.2, 0.25) is 0 Å².